The molecule has 1 saturated heterocycles. The first-order chi connectivity index (χ1) is 18.4. The summed E-state index contributed by atoms with van der Waals surface area (Å²) in [7, 11) is 1.67. The van der Waals surface area contributed by atoms with Crippen LogP contribution in [0.4, 0.5) is 5.69 Å². The molecule has 3 aromatic rings. The lowest BCUT2D eigenvalue weighted by Gasteiger charge is -2.34. The van der Waals surface area contributed by atoms with Crippen LogP contribution in [0, 0.1) is 0 Å². The van der Waals surface area contributed by atoms with Crippen molar-refractivity contribution in [2.75, 3.05) is 38.6 Å². The number of rotatable bonds is 8. The monoisotopic (exact) mass is 537 g/mol. The van der Waals surface area contributed by atoms with Gasteiger partial charge in [-0.2, -0.15) is 5.10 Å². The number of aliphatic hydroxyl groups excluding tert-OH is 1. The van der Waals surface area contributed by atoms with Crippen LogP contribution in [-0.2, 0) is 24.3 Å². The third-order valence-electron chi connectivity index (χ3n) is 7.60. The SMILES string of the molecule is COc1ccc(NC2CCN(CC(O)Cn3nc(-c4ccc(Cl)cc4)c4c3CCN(C(C)=O)C4)CC2)cc1. The molecule has 0 radical (unpaired) electrons. The molecule has 1 fully saturated rings. The first-order valence-corrected chi connectivity index (χ1v) is 13.7. The summed E-state index contributed by atoms with van der Waals surface area (Å²) in [6.45, 7) is 5.72. The molecule has 9 heteroatoms. The van der Waals surface area contributed by atoms with Gasteiger partial charge in [-0.3, -0.25) is 9.48 Å². The van der Waals surface area contributed by atoms with Crippen molar-refractivity contribution < 1.29 is 14.6 Å². The molecule has 2 aliphatic heterocycles. The maximum atomic E-state index is 12.1. The number of benzene rings is 2. The Morgan fingerprint density at radius 2 is 1.82 bits per heavy atom. The van der Waals surface area contributed by atoms with E-state index >= 15 is 0 Å². The molecule has 0 bridgehead atoms. The fourth-order valence-corrected chi connectivity index (χ4v) is 5.61. The molecule has 0 saturated carbocycles. The van der Waals surface area contributed by atoms with Crippen molar-refractivity contribution in [3.05, 3.63) is 64.8 Å². The van der Waals surface area contributed by atoms with E-state index in [2.05, 4.69) is 10.2 Å². The van der Waals surface area contributed by atoms with Crippen LogP contribution in [0.5, 0.6) is 5.75 Å². The number of fused-ring (bicyclic) bond motifs is 1. The van der Waals surface area contributed by atoms with Gasteiger partial charge in [0.05, 0.1) is 25.5 Å². The lowest BCUT2D eigenvalue weighted by Crippen LogP contribution is -2.43. The Morgan fingerprint density at radius 3 is 2.47 bits per heavy atom. The highest BCUT2D eigenvalue weighted by Crippen LogP contribution is 2.31. The molecule has 2 N–H and O–H groups in total. The number of aliphatic hydroxyl groups is 1. The summed E-state index contributed by atoms with van der Waals surface area (Å²) in [5.74, 6) is 0.921. The summed E-state index contributed by atoms with van der Waals surface area (Å²) in [5, 5.41) is 20.3. The van der Waals surface area contributed by atoms with E-state index in [-0.39, 0.29) is 5.91 Å². The van der Waals surface area contributed by atoms with Gasteiger partial charge in [0.1, 0.15) is 5.75 Å². The predicted molar refractivity (Wildman–Crippen MR) is 150 cm³/mol. The van der Waals surface area contributed by atoms with Crippen LogP contribution in [0.2, 0.25) is 5.02 Å². The fourth-order valence-electron chi connectivity index (χ4n) is 5.49. The number of nitrogens with one attached hydrogen (secondary N) is 1. The number of β-amino-alcohol motifs (C(OH)–C–C–N with tert-alkyl or cyclic N) is 1. The Hall–Kier alpha value is -3.07. The lowest BCUT2D eigenvalue weighted by molar-refractivity contribution is -0.129. The number of anilines is 1. The molecule has 0 aliphatic carbocycles. The number of carbonyl (C=O) groups excluding carboxylic acids is 1. The van der Waals surface area contributed by atoms with Crippen LogP contribution in [0.25, 0.3) is 11.3 Å². The Kier molecular flexibility index (Phi) is 8.21. The number of hydrogen-bond donors (Lipinski definition) is 2. The number of nitrogens with zero attached hydrogens (tertiary/aromatic N) is 4. The van der Waals surface area contributed by atoms with Crippen LogP contribution in [0.3, 0.4) is 0 Å². The molecule has 8 nitrogen and oxygen atoms in total. The van der Waals surface area contributed by atoms with Crippen molar-refractivity contribution in [1.82, 2.24) is 19.6 Å². The number of amides is 1. The van der Waals surface area contributed by atoms with Crippen molar-refractivity contribution in [3.63, 3.8) is 0 Å². The smallest absolute Gasteiger partial charge is 0.219 e. The van der Waals surface area contributed by atoms with Crippen LogP contribution < -0.4 is 10.1 Å². The second-order valence-electron chi connectivity index (χ2n) is 10.3. The summed E-state index contributed by atoms with van der Waals surface area (Å²) in [6, 6.07) is 16.1. The Morgan fingerprint density at radius 1 is 1.11 bits per heavy atom. The van der Waals surface area contributed by atoms with E-state index in [0.29, 0.717) is 37.2 Å². The quantitative estimate of drug-likeness (QED) is 0.451. The minimum absolute atomic E-state index is 0.0652. The van der Waals surface area contributed by atoms with Gasteiger partial charge in [0.2, 0.25) is 5.91 Å². The van der Waals surface area contributed by atoms with E-state index in [1.807, 2.05) is 58.1 Å². The van der Waals surface area contributed by atoms with Gasteiger partial charge in [-0.1, -0.05) is 23.7 Å². The van der Waals surface area contributed by atoms with Crippen LogP contribution in [0.1, 0.15) is 31.0 Å². The van der Waals surface area contributed by atoms with Gasteiger partial charge in [-0.15, -0.1) is 0 Å². The molecule has 2 aromatic carbocycles. The summed E-state index contributed by atoms with van der Waals surface area (Å²) >= 11 is 6.11. The van der Waals surface area contributed by atoms with E-state index in [1.54, 1.807) is 14.0 Å². The lowest BCUT2D eigenvalue weighted by atomic mass is 10.0. The molecule has 1 atom stereocenters. The molecule has 1 amide bonds. The molecule has 0 spiro atoms. The van der Waals surface area contributed by atoms with Gasteiger partial charge in [0.25, 0.3) is 0 Å². The van der Waals surface area contributed by atoms with E-state index in [0.717, 1.165) is 66.3 Å². The zero-order valence-electron chi connectivity index (χ0n) is 22.1. The Bertz CT molecular complexity index is 1240. The highest BCUT2D eigenvalue weighted by atomic mass is 35.5. The minimum atomic E-state index is -0.533. The second-order valence-corrected chi connectivity index (χ2v) is 10.7. The maximum absolute atomic E-state index is 12.1. The molecule has 1 unspecified atom stereocenters. The number of carbonyl (C=O) groups is 1. The standard InChI is InChI=1S/C29H36ClN5O3/c1-20(36)34-16-13-28-27(19-34)29(21-3-5-22(30)6-4-21)32-35(28)18-25(37)17-33-14-11-24(12-15-33)31-23-7-9-26(38-2)10-8-23/h3-10,24-25,31,37H,11-19H2,1-2H3. The minimum Gasteiger partial charge on any atom is -0.497 e. The number of piperidine rings is 1. The Balaban J connectivity index is 1.21. The summed E-state index contributed by atoms with van der Waals surface area (Å²) in [6.07, 6.45) is 2.24. The summed E-state index contributed by atoms with van der Waals surface area (Å²) in [4.78, 5) is 16.3. The van der Waals surface area contributed by atoms with E-state index in [1.165, 1.54) is 0 Å². The molecule has 202 valence electrons. The van der Waals surface area contributed by atoms with Gasteiger partial charge in [-0.25, -0.2) is 0 Å². The molecular weight excluding hydrogens is 502 g/mol. The number of halogens is 1. The third-order valence-corrected chi connectivity index (χ3v) is 7.85. The number of ether oxygens (including phenoxy) is 1. The maximum Gasteiger partial charge on any atom is 0.219 e. The average Bonchev–Trinajstić information content (AvgIpc) is 3.28. The highest BCUT2D eigenvalue weighted by Gasteiger charge is 2.28. The molecule has 38 heavy (non-hydrogen) atoms. The van der Waals surface area contributed by atoms with Crippen molar-refractivity contribution in [1.29, 1.82) is 0 Å². The van der Waals surface area contributed by atoms with E-state index in [4.69, 9.17) is 21.4 Å². The number of hydrogen-bond acceptors (Lipinski definition) is 6. The van der Waals surface area contributed by atoms with Crippen LogP contribution in [0.15, 0.2) is 48.5 Å². The zero-order chi connectivity index (χ0) is 26.6. The van der Waals surface area contributed by atoms with Crippen molar-refractivity contribution in [2.45, 2.75) is 51.4 Å². The van der Waals surface area contributed by atoms with Crippen LogP contribution >= 0.6 is 11.6 Å². The van der Waals surface area contributed by atoms with Crippen LogP contribution in [-0.4, -0.2) is 76.0 Å². The topological polar surface area (TPSA) is 82.9 Å². The molecular formula is C29H36ClN5O3. The predicted octanol–water partition coefficient (Wildman–Crippen LogP) is 4.05. The highest BCUT2D eigenvalue weighted by molar-refractivity contribution is 6.30. The largest absolute Gasteiger partial charge is 0.497 e. The molecule has 1 aromatic heterocycles. The second kappa shape index (κ2) is 11.8. The zero-order valence-corrected chi connectivity index (χ0v) is 22.8. The van der Waals surface area contributed by atoms with Gasteiger partial charge in [0, 0.05) is 79.6 Å². The number of likely N-dealkylation sites (tertiary alicyclic amines) is 1. The fraction of sp³-hybridized carbons (Fsp3) is 0.448. The summed E-state index contributed by atoms with van der Waals surface area (Å²) < 4.78 is 7.20. The van der Waals surface area contributed by atoms with Crippen molar-refractivity contribution >= 4 is 23.2 Å². The van der Waals surface area contributed by atoms with Gasteiger partial charge in [-0.05, 0) is 49.2 Å². The van der Waals surface area contributed by atoms with Gasteiger partial charge in [0.15, 0.2) is 0 Å². The Labute approximate surface area is 229 Å². The normalized spacial score (nSPS) is 17.2. The average molecular weight is 538 g/mol. The van der Waals surface area contributed by atoms with E-state index < -0.39 is 6.10 Å². The molecule has 3 heterocycles. The molecule has 5 rings (SSSR count). The first-order valence-electron chi connectivity index (χ1n) is 13.3. The van der Waals surface area contributed by atoms with E-state index in [9.17, 15) is 9.90 Å². The van der Waals surface area contributed by atoms with Crippen molar-refractivity contribution in [3.8, 4) is 17.0 Å². The summed E-state index contributed by atoms with van der Waals surface area (Å²) in [5.41, 5.74) is 5.10. The van der Waals surface area contributed by atoms with Gasteiger partial charge < -0.3 is 25.0 Å². The molecule has 2 aliphatic rings. The third kappa shape index (κ3) is 6.14. The van der Waals surface area contributed by atoms with Gasteiger partial charge >= 0.3 is 0 Å². The first kappa shape index (κ1) is 26.5. The van der Waals surface area contributed by atoms with Crippen molar-refractivity contribution in [2.24, 2.45) is 0 Å². The number of methoxy groups -OCH3 is 1. The number of aromatic nitrogens is 2.